The first kappa shape index (κ1) is 27.5. The summed E-state index contributed by atoms with van der Waals surface area (Å²) in [4.78, 5) is 7.15. The highest BCUT2D eigenvalue weighted by Crippen LogP contribution is 2.42. The van der Waals surface area contributed by atoms with E-state index in [4.69, 9.17) is 13.8 Å². The number of furan rings is 1. The molecule has 4 heteroatoms. The normalized spacial score (nSPS) is 11.7. The van der Waals surface area contributed by atoms with Crippen LogP contribution in [-0.4, -0.2) is 4.98 Å². The molecule has 0 aliphatic rings. The van der Waals surface area contributed by atoms with Crippen molar-refractivity contribution in [3.63, 3.8) is 0 Å². The lowest BCUT2D eigenvalue weighted by atomic mass is 10.0. The highest BCUT2D eigenvalue weighted by atomic mass is 16.4. The Morgan fingerprint density at radius 1 is 0.408 bits per heavy atom. The lowest BCUT2D eigenvalue weighted by molar-refractivity contribution is 0.622. The summed E-state index contributed by atoms with van der Waals surface area (Å²) < 4.78 is 12.8. The van der Waals surface area contributed by atoms with Crippen molar-refractivity contribution in [1.82, 2.24) is 4.98 Å². The molecule has 0 saturated heterocycles. The summed E-state index contributed by atoms with van der Waals surface area (Å²) in [5, 5.41) is 6.82. The van der Waals surface area contributed by atoms with Crippen LogP contribution in [0.25, 0.3) is 77.2 Å². The number of hydrogen-bond donors (Lipinski definition) is 0. The molecule has 0 radical (unpaired) electrons. The van der Waals surface area contributed by atoms with Crippen molar-refractivity contribution in [3.05, 3.63) is 170 Å². The molecular formula is C45H28N2O2. The number of rotatable bonds is 5. The van der Waals surface area contributed by atoms with Crippen LogP contribution in [0.4, 0.5) is 17.1 Å². The Bertz CT molecular complexity index is 2820. The molecule has 0 N–H and O–H groups in total. The lowest BCUT2D eigenvalue weighted by Gasteiger charge is -2.26. The van der Waals surface area contributed by atoms with Gasteiger partial charge in [0.2, 0.25) is 5.89 Å². The number of anilines is 3. The Balaban J connectivity index is 1.17. The fourth-order valence-corrected chi connectivity index (χ4v) is 7.10. The molecule has 49 heavy (non-hydrogen) atoms. The van der Waals surface area contributed by atoms with Crippen molar-refractivity contribution in [3.8, 4) is 22.6 Å². The summed E-state index contributed by atoms with van der Waals surface area (Å²) in [7, 11) is 0. The molecule has 0 amide bonds. The minimum absolute atomic E-state index is 0.595. The number of oxazole rings is 1. The molecule has 0 unspecified atom stereocenters. The van der Waals surface area contributed by atoms with E-state index in [1.54, 1.807) is 0 Å². The molecule has 0 saturated carbocycles. The van der Waals surface area contributed by atoms with Gasteiger partial charge < -0.3 is 13.7 Å². The molecule has 10 aromatic rings. The van der Waals surface area contributed by atoms with Crippen molar-refractivity contribution < 1.29 is 8.83 Å². The topological polar surface area (TPSA) is 42.4 Å². The third kappa shape index (κ3) is 4.57. The van der Waals surface area contributed by atoms with Crippen molar-refractivity contribution in [2.75, 3.05) is 4.90 Å². The Labute approximate surface area is 282 Å². The van der Waals surface area contributed by atoms with Gasteiger partial charge in [0.15, 0.2) is 5.58 Å². The smallest absolute Gasteiger partial charge is 0.227 e. The van der Waals surface area contributed by atoms with E-state index in [1.807, 2.05) is 48.5 Å². The molecule has 0 aliphatic heterocycles. The zero-order valence-electron chi connectivity index (χ0n) is 26.4. The Hall–Kier alpha value is -6.65. The predicted molar refractivity (Wildman–Crippen MR) is 202 cm³/mol. The Morgan fingerprint density at radius 2 is 1.04 bits per heavy atom. The maximum absolute atomic E-state index is 6.46. The summed E-state index contributed by atoms with van der Waals surface area (Å²) in [6.45, 7) is 0. The van der Waals surface area contributed by atoms with Gasteiger partial charge >= 0.3 is 0 Å². The predicted octanol–water partition coefficient (Wildman–Crippen LogP) is 12.8. The molecule has 10 rings (SSSR count). The van der Waals surface area contributed by atoms with Gasteiger partial charge in [-0.25, -0.2) is 4.98 Å². The van der Waals surface area contributed by atoms with Crippen LogP contribution in [0, 0.1) is 0 Å². The lowest BCUT2D eigenvalue weighted by Crippen LogP contribution is -2.09. The minimum Gasteiger partial charge on any atom is -0.456 e. The number of benzene rings is 8. The fourth-order valence-electron chi connectivity index (χ4n) is 7.10. The summed E-state index contributed by atoms with van der Waals surface area (Å²) in [6.07, 6.45) is 0. The van der Waals surface area contributed by atoms with E-state index in [1.165, 1.54) is 32.7 Å². The van der Waals surface area contributed by atoms with Gasteiger partial charge in [-0.2, -0.15) is 0 Å². The Morgan fingerprint density at radius 3 is 1.88 bits per heavy atom. The van der Waals surface area contributed by atoms with Crippen molar-refractivity contribution in [1.29, 1.82) is 0 Å². The zero-order chi connectivity index (χ0) is 32.3. The van der Waals surface area contributed by atoms with E-state index >= 15 is 0 Å². The first-order chi connectivity index (χ1) is 24.3. The molecule has 4 nitrogen and oxygen atoms in total. The molecule has 230 valence electrons. The van der Waals surface area contributed by atoms with Crippen LogP contribution in [0.5, 0.6) is 0 Å². The van der Waals surface area contributed by atoms with Crippen molar-refractivity contribution in [2.24, 2.45) is 0 Å². The van der Waals surface area contributed by atoms with Gasteiger partial charge in [0.1, 0.15) is 16.7 Å². The second-order valence-corrected chi connectivity index (χ2v) is 12.4. The van der Waals surface area contributed by atoms with Gasteiger partial charge in [0.25, 0.3) is 0 Å². The van der Waals surface area contributed by atoms with E-state index in [0.717, 1.165) is 55.7 Å². The van der Waals surface area contributed by atoms with Gasteiger partial charge in [-0.05, 0) is 99.4 Å². The van der Waals surface area contributed by atoms with Crippen LogP contribution in [0.2, 0.25) is 0 Å². The number of hydrogen-bond acceptors (Lipinski definition) is 4. The van der Waals surface area contributed by atoms with Gasteiger partial charge in [0.05, 0.1) is 5.39 Å². The number of fused-ring (bicyclic) bond motifs is 8. The largest absolute Gasteiger partial charge is 0.456 e. The van der Waals surface area contributed by atoms with Crippen molar-refractivity contribution in [2.45, 2.75) is 0 Å². The van der Waals surface area contributed by atoms with E-state index in [9.17, 15) is 0 Å². The maximum Gasteiger partial charge on any atom is 0.227 e. The minimum atomic E-state index is 0.595. The van der Waals surface area contributed by atoms with E-state index in [-0.39, 0.29) is 0 Å². The molecular weight excluding hydrogens is 601 g/mol. The zero-order valence-corrected chi connectivity index (χ0v) is 26.4. The monoisotopic (exact) mass is 628 g/mol. The maximum atomic E-state index is 6.46. The second-order valence-electron chi connectivity index (χ2n) is 12.4. The van der Waals surface area contributed by atoms with Crippen LogP contribution in [0.3, 0.4) is 0 Å². The third-order valence-electron chi connectivity index (χ3n) is 9.47. The first-order valence-electron chi connectivity index (χ1n) is 16.5. The van der Waals surface area contributed by atoms with Crippen LogP contribution >= 0.6 is 0 Å². The van der Waals surface area contributed by atoms with Gasteiger partial charge in [-0.3, -0.25) is 0 Å². The summed E-state index contributed by atoms with van der Waals surface area (Å²) in [6, 6.07) is 59.4. The van der Waals surface area contributed by atoms with Crippen LogP contribution in [0.15, 0.2) is 179 Å². The third-order valence-corrected chi connectivity index (χ3v) is 9.47. The number of aromatic nitrogens is 1. The molecule has 2 aromatic heterocycles. The van der Waals surface area contributed by atoms with Crippen LogP contribution in [0.1, 0.15) is 0 Å². The van der Waals surface area contributed by atoms with Gasteiger partial charge in [-0.1, -0.05) is 103 Å². The van der Waals surface area contributed by atoms with Crippen molar-refractivity contribution >= 4 is 71.6 Å². The van der Waals surface area contributed by atoms with E-state index in [2.05, 4.69) is 126 Å². The van der Waals surface area contributed by atoms with Crippen LogP contribution in [-0.2, 0) is 0 Å². The molecule has 0 fully saturated rings. The molecule has 8 aromatic carbocycles. The standard InChI is InChI=1S/C45H28N2O2/c1-3-9-29(10-4-1)30-17-19-34(20-18-30)47(35-21-23-38-33(27-35)16-15-31-11-7-8-14-37(31)38)36-22-25-41-39(28-36)43-42(48-41)26-24-40-44(43)49-45(46-40)32-12-5-2-6-13-32/h1-28H. The molecule has 0 aliphatic carbocycles. The van der Waals surface area contributed by atoms with Gasteiger partial charge in [0, 0.05) is 28.0 Å². The summed E-state index contributed by atoms with van der Waals surface area (Å²) in [5.41, 5.74) is 9.54. The molecule has 0 bridgehead atoms. The van der Waals surface area contributed by atoms with Crippen LogP contribution < -0.4 is 4.90 Å². The highest BCUT2D eigenvalue weighted by Gasteiger charge is 2.20. The summed E-state index contributed by atoms with van der Waals surface area (Å²) in [5.74, 6) is 0.595. The van der Waals surface area contributed by atoms with Gasteiger partial charge in [-0.15, -0.1) is 0 Å². The first-order valence-corrected chi connectivity index (χ1v) is 16.5. The SMILES string of the molecule is c1ccc(-c2ccc(N(c3ccc4c(ccc5ccccc54)c3)c3ccc4oc5ccc6nc(-c7ccccc7)oc6c5c4c3)cc2)cc1. The Kier molecular flexibility index (Phi) is 6.15. The second kappa shape index (κ2) is 11.0. The molecule has 0 spiro atoms. The molecule has 0 atom stereocenters. The number of nitrogens with zero attached hydrogens (tertiary/aromatic N) is 2. The fraction of sp³-hybridized carbons (Fsp3) is 0. The van der Waals surface area contributed by atoms with E-state index in [0.29, 0.717) is 5.89 Å². The average molecular weight is 629 g/mol. The summed E-state index contributed by atoms with van der Waals surface area (Å²) >= 11 is 0. The van der Waals surface area contributed by atoms with E-state index < -0.39 is 0 Å². The quantitative estimate of drug-likeness (QED) is 0.178. The molecule has 2 heterocycles. The average Bonchev–Trinajstić information content (AvgIpc) is 3.77. The highest BCUT2D eigenvalue weighted by molar-refractivity contribution is 6.17.